The molecule has 2 aromatic carbocycles. The molecule has 2 amide bonds. The van der Waals surface area contributed by atoms with Crippen LogP contribution in [0.2, 0.25) is 0 Å². The Labute approximate surface area is 174 Å². The Hall–Kier alpha value is -2.86. The number of nitrogens with zero attached hydrogens (tertiary/aromatic N) is 3. The Kier molecular flexibility index (Phi) is 5.53. The number of rotatable bonds is 5. The molecule has 2 heterocycles. The molecule has 1 aliphatic rings. The van der Waals surface area contributed by atoms with Crippen molar-refractivity contribution in [2.75, 3.05) is 19.0 Å². The highest BCUT2D eigenvalue weighted by atomic mass is 35.5. The Bertz CT molecular complexity index is 1040. The summed E-state index contributed by atoms with van der Waals surface area (Å²) in [5.74, 6) is -0.278. The van der Waals surface area contributed by atoms with Gasteiger partial charge in [-0.2, -0.15) is 5.10 Å². The number of hydrogen-bond donors (Lipinski definition) is 1. The highest BCUT2D eigenvalue weighted by Gasteiger charge is 2.37. The van der Waals surface area contributed by atoms with Crippen molar-refractivity contribution in [3.8, 4) is 0 Å². The molecule has 1 fully saturated rings. The van der Waals surface area contributed by atoms with Crippen molar-refractivity contribution < 1.29 is 9.59 Å². The number of likely N-dealkylation sites (tertiary alicyclic amines) is 1. The fraction of sp³-hybridized carbons (Fsp3) is 0.318. The largest absolute Gasteiger partial charge is 0.350 e. The number of nitrogens with one attached hydrogen (secondary N) is 1. The third kappa shape index (κ3) is 4.12. The molecule has 0 saturated carbocycles. The summed E-state index contributed by atoms with van der Waals surface area (Å²) in [5.41, 5.74) is 2.02. The number of carbonyl (C=O) groups is 2. The van der Waals surface area contributed by atoms with E-state index in [-0.39, 0.29) is 29.7 Å². The van der Waals surface area contributed by atoms with Crippen LogP contribution in [0, 0.1) is 0 Å². The van der Waals surface area contributed by atoms with Gasteiger partial charge in [-0.25, -0.2) is 0 Å². The number of fused-ring (bicyclic) bond motifs is 1. The Morgan fingerprint density at radius 3 is 2.72 bits per heavy atom. The maximum atomic E-state index is 13.1. The lowest BCUT2D eigenvalue weighted by molar-refractivity contribution is -0.129. The number of hydrogen-bond acceptors (Lipinski definition) is 3. The summed E-state index contributed by atoms with van der Waals surface area (Å²) in [4.78, 5) is 26.8. The quantitative estimate of drug-likeness (QED) is 0.657. The summed E-state index contributed by atoms with van der Waals surface area (Å²) in [6.07, 6.45) is 4.06. The topological polar surface area (TPSA) is 67.2 Å². The molecule has 4 rings (SSSR count). The van der Waals surface area contributed by atoms with Gasteiger partial charge in [0, 0.05) is 32.3 Å². The van der Waals surface area contributed by atoms with Gasteiger partial charge in [-0.1, -0.05) is 42.5 Å². The van der Waals surface area contributed by atoms with Gasteiger partial charge in [-0.15, -0.1) is 11.6 Å². The lowest BCUT2D eigenvalue weighted by Gasteiger charge is -2.18. The normalized spacial score (nSPS) is 18.9. The second-order valence-electron chi connectivity index (χ2n) is 7.48. The fourth-order valence-corrected chi connectivity index (χ4v) is 4.17. The Balaban J connectivity index is 1.54. The van der Waals surface area contributed by atoms with Gasteiger partial charge in [0.1, 0.15) is 5.88 Å². The van der Waals surface area contributed by atoms with Crippen molar-refractivity contribution in [2.45, 2.75) is 18.4 Å². The zero-order valence-corrected chi connectivity index (χ0v) is 17.0. The van der Waals surface area contributed by atoms with E-state index in [2.05, 4.69) is 22.5 Å². The van der Waals surface area contributed by atoms with E-state index in [1.807, 2.05) is 48.5 Å². The first kappa shape index (κ1) is 19.5. The summed E-state index contributed by atoms with van der Waals surface area (Å²) >= 11 is 5.68. The highest BCUT2D eigenvalue weighted by molar-refractivity contribution is 6.27. The van der Waals surface area contributed by atoms with Crippen LogP contribution >= 0.6 is 11.6 Å². The molecular formula is C22H23ClN4O2. The highest BCUT2D eigenvalue weighted by Crippen LogP contribution is 2.28. The van der Waals surface area contributed by atoms with Crippen molar-refractivity contribution in [3.63, 3.8) is 0 Å². The molecule has 0 unspecified atom stereocenters. The van der Waals surface area contributed by atoms with Crippen molar-refractivity contribution in [1.29, 1.82) is 0 Å². The number of aryl methyl sites for hydroxylation is 1. The number of aromatic nitrogens is 2. The molecule has 1 aliphatic heterocycles. The number of alkyl halides is 1. The van der Waals surface area contributed by atoms with E-state index >= 15 is 0 Å². The first-order chi connectivity index (χ1) is 14.0. The van der Waals surface area contributed by atoms with Gasteiger partial charge in [0.2, 0.25) is 11.8 Å². The van der Waals surface area contributed by atoms with Gasteiger partial charge in [0.25, 0.3) is 0 Å². The Morgan fingerprint density at radius 1 is 1.17 bits per heavy atom. The summed E-state index contributed by atoms with van der Waals surface area (Å²) in [6, 6.07) is 13.9. The molecule has 150 valence electrons. The molecule has 1 saturated heterocycles. The van der Waals surface area contributed by atoms with Gasteiger partial charge in [0.15, 0.2) is 0 Å². The molecule has 1 aromatic heterocycles. The van der Waals surface area contributed by atoms with Crippen molar-refractivity contribution in [3.05, 3.63) is 66.0 Å². The van der Waals surface area contributed by atoms with Crippen LogP contribution < -0.4 is 5.32 Å². The van der Waals surface area contributed by atoms with Crippen LogP contribution in [0.1, 0.15) is 17.0 Å². The third-order valence-electron chi connectivity index (χ3n) is 5.51. The molecule has 0 bridgehead atoms. The fourth-order valence-electron chi connectivity index (χ4n) is 4.09. The van der Waals surface area contributed by atoms with Crippen LogP contribution in [-0.4, -0.2) is 51.5 Å². The first-order valence-electron chi connectivity index (χ1n) is 9.63. The molecular weight excluding hydrogens is 388 g/mol. The van der Waals surface area contributed by atoms with Gasteiger partial charge in [0.05, 0.1) is 18.7 Å². The molecule has 0 spiro atoms. The number of carbonyl (C=O) groups excluding carboxylic acids is 2. The third-order valence-corrected chi connectivity index (χ3v) is 5.76. The minimum Gasteiger partial charge on any atom is -0.350 e. The maximum Gasteiger partial charge on any atom is 0.235 e. The first-order valence-corrected chi connectivity index (χ1v) is 10.2. The van der Waals surface area contributed by atoms with Crippen LogP contribution in [0.4, 0.5) is 0 Å². The van der Waals surface area contributed by atoms with E-state index in [9.17, 15) is 9.59 Å². The molecule has 1 N–H and O–H groups in total. The smallest absolute Gasteiger partial charge is 0.235 e. The average molecular weight is 411 g/mol. The van der Waals surface area contributed by atoms with Crippen LogP contribution in [0.15, 0.2) is 54.9 Å². The number of amides is 2. The van der Waals surface area contributed by atoms with Crippen LogP contribution in [-0.2, 0) is 23.1 Å². The van der Waals surface area contributed by atoms with E-state index < -0.39 is 0 Å². The second kappa shape index (κ2) is 8.25. The van der Waals surface area contributed by atoms with E-state index in [1.165, 1.54) is 0 Å². The molecule has 2 atom stereocenters. The van der Waals surface area contributed by atoms with Gasteiger partial charge in [-0.05, 0) is 21.9 Å². The zero-order valence-electron chi connectivity index (χ0n) is 16.2. The molecule has 3 aromatic rings. The van der Waals surface area contributed by atoms with Gasteiger partial charge >= 0.3 is 0 Å². The van der Waals surface area contributed by atoms with Gasteiger partial charge in [-0.3, -0.25) is 14.3 Å². The number of benzene rings is 2. The molecule has 0 aliphatic carbocycles. The van der Waals surface area contributed by atoms with E-state index in [0.29, 0.717) is 19.5 Å². The van der Waals surface area contributed by atoms with Crippen molar-refractivity contribution in [2.24, 2.45) is 7.05 Å². The van der Waals surface area contributed by atoms with Crippen molar-refractivity contribution >= 4 is 34.2 Å². The van der Waals surface area contributed by atoms with E-state index in [0.717, 1.165) is 21.9 Å². The lowest BCUT2D eigenvalue weighted by Crippen LogP contribution is -2.41. The predicted molar refractivity (Wildman–Crippen MR) is 113 cm³/mol. The zero-order chi connectivity index (χ0) is 20.4. The second-order valence-corrected chi connectivity index (χ2v) is 7.74. The standard InChI is InChI=1S/C22H23ClN4O2/c1-26-12-17(11-24-26)19-13-27(14-20(19)25-21(28)10-23)22(29)9-16-7-4-6-15-5-2-3-8-18(15)16/h2-8,11-12,19-20H,9-10,13-14H2,1H3,(H,25,28)/t19-,20+/m0/s1. The van der Waals surface area contributed by atoms with E-state index in [4.69, 9.17) is 11.6 Å². The van der Waals surface area contributed by atoms with Crippen LogP contribution in [0.3, 0.4) is 0 Å². The van der Waals surface area contributed by atoms with Crippen LogP contribution in [0.25, 0.3) is 10.8 Å². The Morgan fingerprint density at radius 2 is 1.97 bits per heavy atom. The molecule has 7 heteroatoms. The SMILES string of the molecule is Cn1cc([C@@H]2CN(C(=O)Cc3cccc4ccccc34)C[C@H]2NC(=O)CCl)cn1. The summed E-state index contributed by atoms with van der Waals surface area (Å²) in [7, 11) is 1.86. The lowest BCUT2D eigenvalue weighted by atomic mass is 9.97. The monoisotopic (exact) mass is 410 g/mol. The van der Waals surface area contributed by atoms with Crippen molar-refractivity contribution in [1.82, 2.24) is 20.0 Å². The molecule has 0 radical (unpaired) electrons. The minimum absolute atomic E-state index is 0.00710. The summed E-state index contributed by atoms with van der Waals surface area (Å²) in [6.45, 7) is 1.01. The van der Waals surface area contributed by atoms with Crippen LogP contribution in [0.5, 0.6) is 0 Å². The maximum absolute atomic E-state index is 13.1. The summed E-state index contributed by atoms with van der Waals surface area (Å²) < 4.78 is 1.73. The molecule has 6 nitrogen and oxygen atoms in total. The minimum atomic E-state index is -0.228. The predicted octanol–water partition coefficient (Wildman–Crippen LogP) is 2.47. The summed E-state index contributed by atoms with van der Waals surface area (Å²) in [5, 5.41) is 9.42. The van der Waals surface area contributed by atoms with E-state index in [1.54, 1.807) is 10.9 Å². The number of halogens is 1. The van der Waals surface area contributed by atoms with Gasteiger partial charge < -0.3 is 10.2 Å². The molecule has 29 heavy (non-hydrogen) atoms. The average Bonchev–Trinajstić information content (AvgIpc) is 3.34.